The minimum atomic E-state index is -0.491. The third kappa shape index (κ3) is 2.65. The molecule has 0 radical (unpaired) electrons. The number of carbonyl (C=O) groups excluding carboxylic acids is 1. The first-order chi connectivity index (χ1) is 10.3. The lowest BCUT2D eigenvalue weighted by atomic mass is 9.78. The molecule has 0 fully saturated rings. The third-order valence-corrected chi connectivity index (χ3v) is 4.28. The Balaban J connectivity index is 1.82. The van der Waals surface area contributed by atoms with Gasteiger partial charge >= 0.3 is 6.09 Å². The van der Waals surface area contributed by atoms with Gasteiger partial charge in [-0.15, -0.1) is 0 Å². The van der Waals surface area contributed by atoms with Gasteiger partial charge in [-0.2, -0.15) is 0 Å². The summed E-state index contributed by atoms with van der Waals surface area (Å²) in [5.74, 6) is 0. The second-order valence-corrected chi connectivity index (χ2v) is 7.13. The van der Waals surface area contributed by atoms with Crippen molar-refractivity contribution in [3.8, 4) is 0 Å². The van der Waals surface area contributed by atoms with Crippen LogP contribution in [0.4, 0.5) is 10.5 Å². The highest BCUT2D eigenvalue weighted by atomic mass is 35.5. The lowest BCUT2D eigenvalue weighted by molar-refractivity contribution is 0.0316. The van der Waals surface area contributed by atoms with Crippen LogP contribution in [0.3, 0.4) is 0 Å². The summed E-state index contributed by atoms with van der Waals surface area (Å²) in [5.41, 5.74) is 1.36. The van der Waals surface area contributed by atoms with Crippen molar-refractivity contribution < 1.29 is 9.53 Å². The quantitative estimate of drug-likeness (QED) is 0.742. The fourth-order valence-corrected chi connectivity index (χ4v) is 3.28. The zero-order chi connectivity index (χ0) is 16.0. The standard InChI is InChI=1S/C16H20ClN3O2/c1-15(2,3)22-14(21)20-8-5-16(6-9-20)10-19-11-4-7-18-13(17)12(11)16/h4-5,7-8,19H,6,9-10H2,1-3H3. The number of rotatable bonds is 0. The highest BCUT2D eigenvalue weighted by Gasteiger charge is 2.41. The molecular formula is C16H20ClN3O2. The first kappa shape index (κ1) is 15.2. The SMILES string of the molecule is CC(C)(C)OC(=O)N1C=CC2(CC1)CNc1ccnc(Cl)c12. The van der Waals surface area contributed by atoms with Gasteiger partial charge in [0.05, 0.1) is 0 Å². The summed E-state index contributed by atoms with van der Waals surface area (Å²) in [6, 6.07) is 1.93. The van der Waals surface area contributed by atoms with Crippen LogP contribution >= 0.6 is 11.6 Å². The summed E-state index contributed by atoms with van der Waals surface area (Å²) in [5, 5.41) is 3.90. The van der Waals surface area contributed by atoms with Crippen LogP contribution in [-0.4, -0.2) is 34.7 Å². The average Bonchev–Trinajstić information content (AvgIpc) is 2.78. The number of hydrogen-bond acceptors (Lipinski definition) is 4. The van der Waals surface area contributed by atoms with Gasteiger partial charge in [0.2, 0.25) is 0 Å². The van der Waals surface area contributed by atoms with Gasteiger partial charge in [0.25, 0.3) is 0 Å². The van der Waals surface area contributed by atoms with E-state index in [1.54, 1.807) is 17.3 Å². The molecule has 1 amide bonds. The minimum Gasteiger partial charge on any atom is -0.443 e. The number of aromatic nitrogens is 1. The number of nitrogens with one attached hydrogen (secondary N) is 1. The van der Waals surface area contributed by atoms with Crippen LogP contribution in [0.25, 0.3) is 0 Å². The summed E-state index contributed by atoms with van der Waals surface area (Å²) in [6.07, 6.45) is 6.01. The normalized spacial score (nSPS) is 23.4. The van der Waals surface area contributed by atoms with Crippen molar-refractivity contribution in [3.05, 3.63) is 35.3 Å². The Hall–Kier alpha value is -1.75. The van der Waals surface area contributed by atoms with Gasteiger partial charge in [-0.3, -0.25) is 4.90 Å². The second kappa shape index (κ2) is 5.16. The van der Waals surface area contributed by atoms with E-state index in [0.717, 1.165) is 24.2 Å². The molecule has 1 N–H and O–H groups in total. The summed E-state index contributed by atoms with van der Waals surface area (Å²) >= 11 is 6.29. The van der Waals surface area contributed by atoms with Crippen molar-refractivity contribution in [2.24, 2.45) is 0 Å². The zero-order valence-electron chi connectivity index (χ0n) is 13.0. The molecule has 0 aliphatic carbocycles. The molecule has 0 aromatic carbocycles. The summed E-state index contributed by atoms with van der Waals surface area (Å²) in [4.78, 5) is 17.9. The van der Waals surface area contributed by atoms with Crippen LogP contribution in [0.15, 0.2) is 24.5 Å². The van der Waals surface area contributed by atoms with Crippen LogP contribution in [0.1, 0.15) is 32.8 Å². The van der Waals surface area contributed by atoms with E-state index in [-0.39, 0.29) is 11.5 Å². The van der Waals surface area contributed by atoms with Gasteiger partial charge < -0.3 is 10.1 Å². The van der Waals surface area contributed by atoms with Crippen LogP contribution < -0.4 is 5.32 Å². The summed E-state index contributed by atoms with van der Waals surface area (Å²) < 4.78 is 5.40. The minimum absolute atomic E-state index is 0.195. The molecule has 1 aromatic rings. The molecule has 0 saturated carbocycles. The van der Waals surface area contributed by atoms with Crippen LogP contribution in [0.5, 0.6) is 0 Å². The average molecular weight is 322 g/mol. The Labute approximate surface area is 135 Å². The van der Waals surface area contributed by atoms with E-state index in [2.05, 4.69) is 10.3 Å². The Bertz CT molecular complexity index is 639. The topological polar surface area (TPSA) is 54.5 Å². The van der Waals surface area contributed by atoms with Gasteiger partial charge in [-0.25, -0.2) is 9.78 Å². The molecule has 3 rings (SSSR count). The number of nitrogens with zero attached hydrogens (tertiary/aromatic N) is 2. The molecule has 2 aliphatic rings. The molecule has 118 valence electrons. The second-order valence-electron chi connectivity index (χ2n) is 6.77. The molecular weight excluding hydrogens is 302 g/mol. The number of carbonyl (C=O) groups is 1. The lowest BCUT2D eigenvalue weighted by Gasteiger charge is -2.34. The lowest BCUT2D eigenvalue weighted by Crippen LogP contribution is -2.41. The molecule has 3 heterocycles. The van der Waals surface area contributed by atoms with Crippen molar-refractivity contribution in [2.45, 2.75) is 38.2 Å². The number of fused-ring (bicyclic) bond motifs is 2. The van der Waals surface area contributed by atoms with Crippen LogP contribution in [0.2, 0.25) is 5.15 Å². The predicted octanol–water partition coefficient (Wildman–Crippen LogP) is 3.55. The van der Waals surface area contributed by atoms with E-state index in [1.165, 1.54) is 0 Å². The Morgan fingerprint density at radius 1 is 1.50 bits per heavy atom. The molecule has 0 bridgehead atoms. The molecule has 6 heteroatoms. The van der Waals surface area contributed by atoms with Crippen LogP contribution in [-0.2, 0) is 10.2 Å². The Morgan fingerprint density at radius 2 is 2.27 bits per heavy atom. The molecule has 1 unspecified atom stereocenters. The van der Waals surface area contributed by atoms with E-state index >= 15 is 0 Å². The molecule has 1 atom stereocenters. The van der Waals surface area contributed by atoms with Gasteiger partial charge in [0, 0.05) is 42.2 Å². The number of ether oxygens (including phenoxy) is 1. The Morgan fingerprint density at radius 3 is 2.91 bits per heavy atom. The molecule has 1 aromatic heterocycles. The van der Waals surface area contributed by atoms with Gasteiger partial charge in [-0.1, -0.05) is 17.7 Å². The molecule has 0 saturated heterocycles. The molecule has 5 nitrogen and oxygen atoms in total. The highest BCUT2D eigenvalue weighted by Crippen LogP contribution is 2.45. The highest BCUT2D eigenvalue weighted by molar-refractivity contribution is 6.30. The summed E-state index contributed by atoms with van der Waals surface area (Å²) in [6.45, 7) is 6.96. The van der Waals surface area contributed by atoms with E-state index in [1.807, 2.05) is 32.9 Å². The Kier molecular flexibility index (Phi) is 3.56. The maximum Gasteiger partial charge on any atom is 0.414 e. The van der Waals surface area contributed by atoms with E-state index in [0.29, 0.717) is 11.7 Å². The molecule has 1 spiro atoms. The molecule has 22 heavy (non-hydrogen) atoms. The number of halogens is 1. The summed E-state index contributed by atoms with van der Waals surface area (Å²) in [7, 11) is 0. The zero-order valence-corrected chi connectivity index (χ0v) is 13.8. The van der Waals surface area contributed by atoms with Crippen molar-refractivity contribution >= 4 is 23.4 Å². The van der Waals surface area contributed by atoms with Crippen molar-refractivity contribution in [2.75, 3.05) is 18.4 Å². The number of anilines is 1. The smallest absolute Gasteiger partial charge is 0.414 e. The number of amides is 1. The first-order valence-electron chi connectivity index (χ1n) is 7.39. The van der Waals surface area contributed by atoms with E-state index in [4.69, 9.17) is 16.3 Å². The number of pyridine rings is 1. The molecule has 2 aliphatic heterocycles. The van der Waals surface area contributed by atoms with E-state index < -0.39 is 5.60 Å². The van der Waals surface area contributed by atoms with Crippen molar-refractivity contribution in [1.82, 2.24) is 9.88 Å². The third-order valence-electron chi connectivity index (χ3n) is 4.00. The number of hydrogen-bond donors (Lipinski definition) is 1. The fourth-order valence-electron chi connectivity index (χ4n) is 2.94. The van der Waals surface area contributed by atoms with Crippen LogP contribution in [0, 0.1) is 0 Å². The van der Waals surface area contributed by atoms with Gasteiger partial charge in [0.15, 0.2) is 0 Å². The largest absolute Gasteiger partial charge is 0.443 e. The van der Waals surface area contributed by atoms with E-state index in [9.17, 15) is 4.79 Å². The maximum absolute atomic E-state index is 12.1. The fraction of sp³-hybridized carbons (Fsp3) is 0.500. The van der Waals surface area contributed by atoms with Crippen molar-refractivity contribution in [1.29, 1.82) is 0 Å². The van der Waals surface area contributed by atoms with Crippen molar-refractivity contribution in [3.63, 3.8) is 0 Å². The van der Waals surface area contributed by atoms with Gasteiger partial charge in [-0.05, 0) is 33.3 Å². The first-order valence-corrected chi connectivity index (χ1v) is 7.76. The predicted molar refractivity (Wildman–Crippen MR) is 86.1 cm³/mol. The maximum atomic E-state index is 12.1. The van der Waals surface area contributed by atoms with Gasteiger partial charge in [0.1, 0.15) is 10.8 Å². The monoisotopic (exact) mass is 321 g/mol.